The number of thioether (sulfide) groups is 1. The third-order valence-corrected chi connectivity index (χ3v) is 16.4. The highest BCUT2D eigenvalue weighted by molar-refractivity contribution is 8.22. The number of ketones is 2. The van der Waals surface area contributed by atoms with Crippen molar-refractivity contribution in [1.29, 1.82) is 0 Å². The van der Waals surface area contributed by atoms with Crippen molar-refractivity contribution >= 4 is 51.9 Å². The Morgan fingerprint density at radius 3 is 2.48 bits per heavy atom. The van der Waals surface area contributed by atoms with Crippen LogP contribution in [0.3, 0.4) is 0 Å². The van der Waals surface area contributed by atoms with Gasteiger partial charge in [0.15, 0.2) is 12.4 Å². The molecule has 10 atom stereocenters. The summed E-state index contributed by atoms with van der Waals surface area (Å²) in [7, 11) is 0. The van der Waals surface area contributed by atoms with Gasteiger partial charge in [0.2, 0.25) is 10.2 Å². The number of ether oxygens (including phenoxy) is 3. The Kier molecular flexibility index (Phi) is 17.1. The van der Waals surface area contributed by atoms with Crippen LogP contribution in [0.5, 0.6) is 0 Å². The van der Waals surface area contributed by atoms with E-state index in [1.807, 2.05) is 57.2 Å². The summed E-state index contributed by atoms with van der Waals surface area (Å²) in [4.78, 5) is 50.8. The van der Waals surface area contributed by atoms with Crippen LogP contribution in [-0.2, 0) is 39.8 Å². The first-order valence-corrected chi connectivity index (χ1v) is 24.9. The number of aryl methyl sites for hydroxylation is 1. The molecule has 0 heterocycles. The molecule has 3 saturated carbocycles. The summed E-state index contributed by atoms with van der Waals surface area (Å²) in [5, 5.41) is 33.9. The van der Waals surface area contributed by atoms with Crippen molar-refractivity contribution in [3.63, 3.8) is 0 Å². The first kappa shape index (κ1) is 49.3. The fourth-order valence-electron chi connectivity index (χ4n) is 11.6. The Morgan fingerprint density at radius 2 is 1.71 bits per heavy atom. The molecule has 3 N–H and O–H groups in total. The number of benzene rings is 1. The van der Waals surface area contributed by atoms with Crippen LogP contribution in [0.1, 0.15) is 136 Å². The van der Waals surface area contributed by atoms with Crippen molar-refractivity contribution in [2.75, 3.05) is 12.4 Å². The number of aliphatic hydroxyl groups excluding tert-OH is 2. The number of hydrogen-bond donors (Lipinski definition) is 3. The SMILES string of the molecule is CC(C)OC(=O)CCC/C=C\C[C@@H]1[C@@H](CC[C@H](CCc2ccccc2)OC(=S)SCCC(=O)OCC(=O)[C@@]2(O)CC[C@H]3[C@@H]4CCC5=CC(=O)CCC5(C)C4=CCC32C)[C@H](O)C[C@@H]1O. The standard InChI is InChI=1S/C51H70O10S2/c1-33(2)60-47(57)15-11-6-5-10-14-38-39(44(54)31-43(38)53)21-19-37(18-16-34-12-8-7-9-13-34)61-48(62)63-29-25-46(56)59-32-45(55)51(58)28-24-42-40-20-17-35-30-36(52)22-26-49(35,3)41(40)23-27-50(42,51)4/h5,7-10,12-13,23,30,33,37-40,42-44,53-54,58H,6,11,14-22,24-29,31-32H2,1-4H3/b10-5-/t37-,38+,39+,40+,42-,43-,44+,49?,50?,51-/m0/s1. The number of rotatable bonds is 20. The molecule has 5 aliphatic rings. The topological polar surface area (TPSA) is 157 Å². The van der Waals surface area contributed by atoms with E-state index in [0.717, 1.165) is 38.5 Å². The maximum absolute atomic E-state index is 13.8. The average molecular weight is 907 g/mol. The summed E-state index contributed by atoms with van der Waals surface area (Å²) in [6.45, 7) is 7.47. The zero-order valence-electron chi connectivity index (χ0n) is 37.8. The first-order chi connectivity index (χ1) is 30.0. The lowest BCUT2D eigenvalue weighted by molar-refractivity contribution is -0.163. The van der Waals surface area contributed by atoms with Crippen molar-refractivity contribution < 1.29 is 48.7 Å². The molecule has 0 spiro atoms. The molecule has 2 unspecified atom stereocenters. The van der Waals surface area contributed by atoms with Gasteiger partial charge in [-0.2, -0.15) is 0 Å². The van der Waals surface area contributed by atoms with Crippen LogP contribution < -0.4 is 0 Å². The number of carbonyl (C=O) groups is 4. The molecular weight excluding hydrogens is 837 g/mol. The minimum Gasteiger partial charge on any atom is -0.475 e. The van der Waals surface area contributed by atoms with Gasteiger partial charge in [-0.25, -0.2) is 0 Å². The van der Waals surface area contributed by atoms with Crippen LogP contribution in [0.15, 0.2) is 65.8 Å². The molecule has 0 amide bonds. The van der Waals surface area contributed by atoms with E-state index in [-0.39, 0.29) is 59.5 Å². The van der Waals surface area contributed by atoms with E-state index in [1.165, 1.54) is 28.5 Å². The molecule has 0 aromatic heterocycles. The summed E-state index contributed by atoms with van der Waals surface area (Å²) in [6.07, 6.45) is 16.9. The van der Waals surface area contributed by atoms with Gasteiger partial charge in [-0.05, 0) is 151 Å². The number of aliphatic hydroxyl groups is 3. The molecule has 346 valence electrons. The highest BCUT2D eigenvalue weighted by Gasteiger charge is 2.64. The summed E-state index contributed by atoms with van der Waals surface area (Å²) in [6, 6.07) is 10.1. The number of carbonyl (C=O) groups excluding carboxylic acids is 4. The van der Waals surface area contributed by atoms with Crippen LogP contribution >= 0.6 is 24.0 Å². The minimum absolute atomic E-state index is 0.0168. The fourth-order valence-corrected chi connectivity index (χ4v) is 12.7. The van der Waals surface area contributed by atoms with Gasteiger partial charge in [-0.15, -0.1) is 0 Å². The van der Waals surface area contributed by atoms with Crippen LogP contribution in [0, 0.1) is 34.5 Å². The van der Waals surface area contributed by atoms with Crippen LogP contribution in [0.25, 0.3) is 0 Å². The molecule has 1 aromatic carbocycles. The number of esters is 2. The highest BCUT2D eigenvalue weighted by atomic mass is 32.2. The predicted molar refractivity (Wildman–Crippen MR) is 249 cm³/mol. The molecule has 0 radical (unpaired) electrons. The van der Waals surface area contributed by atoms with E-state index in [2.05, 4.69) is 25.1 Å². The Labute approximate surface area is 384 Å². The van der Waals surface area contributed by atoms with Crippen LogP contribution in [0.4, 0.5) is 0 Å². The first-order valence-electron chi connectivity index (χ1n) is 23.5. The molecule has 3 fully saturated rings. The van der Waals surface area contributed by atoms with Crippen molar-refractivity contribution in [2.24, 2.45) is 34.5 Å². The smallest absolute Gasteiger partial charge is 0.307 e. The molecule has 10 nitrogen and oxygen atoms in total. The molecular formula is C51H70O10S2. The molecule has 0 saturated heterocycles. The predicted octanol–water partition coefficient (Wildman–Crippen LogP) is 8.91. The monoisotopic (exact) mass is 906 g/mol. The maximum Gasteiger partial charge on any atom is 0.307 e. The molecule has 1 aromatic rings. The van der Waals surface area contributed by atoms with E-state index >= 15 is 0 Å². The van der Waals surface area contributed by atoms with Gasteiger partial charge in [0, 0.05) is 29.4 Å². The highest BCUT2D eigenvalue weighted by Crippen LogP contribution is 2.65. The van der Waals surface area contributed by atoms with Crippen LogP contribution in [0.2, 0.25) is 0 Å². The van der Waals surface area contributed by atoms with Crippen LogP contribution in [-0.4, -0.2) is 85.6 Å². The Hall–Kier alpha value is -3.16. The Balaban J connectivity index is 0.963. The van der Waals surface area contributed by atoms with Gasteiger partial charge < -0.3 is 29.5 Å². The largest absolute Gasteiger partial charge is 0.475 e. The van der Waals surface area contributed by atoms with E-state index in [1.54, 1.807) is 0 Å². The lowest BCUT2D eigenvalue weighted by Crippen LogP contribution is -2.55. The second kappa shape index (κ2) is 21.9. The molecule has 12 heteroatoms. The number of unbranched alkanes of at least 4 members (excludes halogenated alkanes) is 1. The summed E-state index contributed by atoms with van der Waals surface area (Å²) >= 11 is 6.90. The minimum atomic E-state index is -1.59. The molecule has 6 rings (SSSR count). The van der Waals surface area contributed by atoms with Crippen molar-refractivity contribution in [2.45, 2.75) is 167 Å². The molecule has 0 bridgehead atoms. The Bertz CT molecular complexity index is 1890. The zero-order valence-corrected chi connectivity index (χ0v) is 39.4. The number of allylic oxidation sites excluding steroid dienone is 6. The summed E-state index contributed by atoms with van der Waals surface area (Å²) in [5.41, 5.74) is 1.38. The summed E-state index contributed by atoms with van der Waals surface area (Å²) in [5.74, 6) is -0.498. The van der Waals surface area contributed by atoms with Crippen molar-refractivity contribution in [1.82, 2.24) is 0 Å². The second-order valence-corrected chi connectivity index (χ2v) is 21.2. The van der Waals surface area contributed by atoms with E-state index in [0.29, 0.717) is 74.3 Å². The third kappa shape index (κ3) is 11.8. The summed E-state index contributed by atoms with van der Waals surface area (Å²) < 4.78 is 17.3. The fraction of sp³-hybridized carbons (Fsp3) is 0.667. The number of fused-ring (bicyclic) bond motifs is 5. The van der Waals surface area contributed by atoms with Crippen molar-refractivity contribution in [3.8, 4) is 0 Å². The van der Waals surface area contributed by atoms with Gasteiger partial charge in [-0.3, -0.25) is 19.2 Å². The van der Waals surface area contributed by atoms with Gasteiger partial charge in [0.1, 0.15) is 11.7 Å². The quantitative estimate of drug-likeness (QED) is 0.0495. The van der Waals surface area contributed by atoms with E-state index < -0.39 is 41.6 Å². The Morgan fingerprint density at radius 1 is 0.952 bits per heavy atom. The van der Waals surface area contributed by atoms with Gasteiger partial charge >= 0.3 is 11.9 Å². The second-order valence-electron chi connectivity index (χ2n) is 19.5. The molecule has 5 aliphatic carbocycles. The lowest BCUT2D eigenvalue weighted by atomic mass is 9.50. The normalized spacial score (nSPS) is 31.7. The van der Waals surface area contributed by atoms with Gasteiger partial charge in [0.25, 0.3) is 0 Å². The number of hydrogen-bond acceptors (Lipinski definition) is 12. The number of thiocarbonyl (C=S) groups is 1. The lowest BCUT2D eigenvalue weighted by Gasteiger charge is -2.54. The molecule has 0 aliphatic heterocycles. The maximum atomic E-state index is 13.8. The van der Waals surface area contributed by atoms with E-state index in [4.69, 9.17) is 26.4 Å². The number of Topliss-reactive ketones (excluding diaryl/α,β-unsaturated/α-hetero) is 1. The van der Waals surface area contributed by atoms with Gasteiger partial charge in [-0.1, -0.05) is 85.3 Å². The average Bonchev–Trinajstić information content (AvgIpc) is 3.68. The van der Waals surface area contributed by atoms with Crippen molar-refractivity contribution in [3.05, 3.63) is 71.3 Å². The molecule has 63 heavy (non-hydrogen) atoms. The zero-order chi connectivity index (χ0) is 45.4. The third-order valence-electron chi connectivity index (χ3n) is 15.2. The van der Waals surface area contributed by atoms with Gasteiger partial charge in [0.05, 0.1) is 24.7 Å². The van der Waals surface area contributed by atoms with E-state index in [9.17, 15) is 34.5 Å².